The highest BCUT2D eigenvalue weighted by Crippen LogP contribution is 2.37. The maximum Gasteiger partial charge on any atom is 0.127 e. The second kappa shape index (κ2) is 6.36. The molecule has 1 aromatic heterocycles. The molecule has 0 saturated carbocycles. The highest BCUT2D eigenvalue weighted by Gasteiger charge is 2.23. The van der Waals surface area contributed by atoms with Gasteiger partial charge in [-0.25, -0.2) is 5.43 Å². The molecule has 2 aromatic rings. The Labute approximate surface area is 118 Å². The molecule has 20 heavy (non-hydrogen) atoms. The number of pyridine rings is 1. The van der Waals surface area contributed by atoms with E-state index in [1.807, 2.05) is 31.2 Å². The predicted molar refractivity (Wildman–Crippen MR) is 77.7 cm³/mol. The van der Waals surface area contributed by atoms with Gasteiger partial charge in [-0.05, 0) is 36.2 Å². The van der Waals surface area contributed by atoms with Crippen molar-refractivity contribution >= 4 is 0 Å². The van der Waals surface area contributed by atoms with Crippen LogP contribution < -0.4 is 20.7 Å². The van der Waals surface area contributed by atoms with Gasteiger partial charge in [-0.15, -0.1) is 0 Å². The Balaban J connectivity index is 2.60. The number of nitrogens with one attached hydrogen (secondary N) is 1. The van der Waals surface area contributed by atoms with E-state index < -0.39 is 0 Å². The van der Waals surface area contributed by atoms with Crippen molar-refractivity contribution in [1.82, 2.24) is 10.4 Å². The van der Waals surface area contributed by atoms with E-state index >= 15 is 0 Å². The maximum atomic E-state index is 5.76. The third-order valence-corrected chi connectivity index (χ3v) is 3.31. The molecule has 0 aliphatic heterocycles. The first-order valence-electron chi connectivity index (χ1n) is 6.30. The number of aryl methyl sites for hydroxylation is 1. The second-order valence-electron chi connectivity index (χ2n) is 4.41. The summed E-state index contributed by atoms with van der Waals surface area (Å²) in [7, 11) is 3.25. The topological polar surface area (TPSA) is 69.4 Å². The smallest absolute Gasteiger partial charge is 0.127 e. The van der Waals surface area contributed by atoms with Gasteiger partial charge in [0.1, 0.15) is 11.5 Å². The molecular weight excluding hydrogens is 254 g/mol. The van der Waals surface area contributed by atoms with Gasteiger partial charge in [0, 0.05) is 12.4 Å². The molecule has 0 bridgehead atoms. The molecule has 0 amide bonds. The quantitative estimate of drug-likeness (QED) is 0.644. The van der Waals surface area contributed by atoms with Crippen molar-refractivity contribution in [2.75, 3.05) is 14.2 Å². The van der Waals surface area contributed by atoms with Crippen LogP contribution in [-0.2, 0) is 0 Å². The van der Waals surface area contributed by atoms with E-state index in [1.165, 1.54) is 0 Å². The van der Waals surface area contributed by atoms with Gasteiger partial charge in [0.2, 0.25) is 0 Å². The van der Waals surface area contributed by atoms with Crippen molar-refractivity contribution in [2.24, 2.45) is 5.84 Å². The van der Waals surface area contributed by atoms with Crippen LogP contribution in [0.1, 0.15) is 22.7 Å². The van der Waals surface area contributed by atoms with E-state index in [4.69, 9.17) is 15.3 Å². The van der Waals surface area contributed by atoms with Gasteiger partial charge in [-0.3, -0.25) is 10.8 Å². The molecule has 2 rings (SSSR count). The number of nitrogens with two attached hydrogens (primary N) is 1. The first-order chi connectivity index (χ1) is 9.72. The van der Waals surface area contributed by atoms with Crippen LogP contribution in [0.3, 0.4) is 0 Å². The Morgan fingerprint density at radius 2 is 1.80 bits per heavy atom. The minimum Gasteiger partial charge on any atom is -0.496 e. The molecule has 0 spiro atoms. The van der Waals surface area contributed by atoms with Crippen molar-refractivity contribution in [1.29, 1.82) is 0 Å². The number of hydrazine groups is 1. The Morgan fingerprint density at radius 3 is 2.30 bits per heavy atom. The molecule has 0 radical (unpaired) electrons. The standard InChI is InChI=1S/C15H19N3O2/c1-10-7-8-17-9-11(10)15(18-16)14-12(19-2)5-4-6-13(14)20-3/h4-9,15,18H,16H2,1-3H3. The third kappa shape index (κ3) is 2.59. The first-order valence-corrected chi connectivity index (χ1v) is 6.30. The number of rotatable bonds is 5. The van der Waals surface area contributed by atoms with Crippen molar-refractivity contribution < 1.29 is 9.47 Å². The summed E-state index contributed by atoms with van der Waals surface area (Å²) in [6.07, 6.45) is 3.55. The van der Waals surface area contributed by atoms with Gasteiger partial charge < -0.3 is 9.47 Å². The number of aromatic nitrogens is 1. The molecule has 5 heteroatoms. The Hall–Kier alpha value is -2.11. The minimum atomic E-state index is -0.255. The zero-order valence-corrected chi connectivity index (χ0v) is 11.9. The lowest BCUT2D eigenvalue weighted by atomic mass is 9.95. The number of nitrogens with zero attached hydrogens (tertiary/aromatic N) is 1. The van der Waals surface area contributed by atoms with Gasteiger partial charge >= 0.3 is 0 Å². The first kappa shape index (κ1) is 14.3. The Bertz CT molecular complexity index is 565. The average molecular weight is 273 g/mol. The molecule has 0 aliphatic rings. The Morgan fingerprint density at radius 1 is 1.15 bits per heavy atom. The summed E-state index contributed by atoms with van der Waals surface area (Å²) >= 11 is 0. The number of methoxy groups -OCH3 is 2. The van der Waals surface area contributed by atoms with Crippen molar-refractivity contribution in [2.45, 2.75) is 13.0 Å². The highest BCUT2D eigenvalue weighted by atomic mass is 16.5. The lowest BCUT2D eigenvalue weighted by Gasteiger charge is -2.23. The van der Waals surface area contributed by atoms with E-state index in [9.17, 15) is 0 Å². The molecule has 1 heterocycles. The van der Waals surface area contributed by atoms with Gasteiger partial charge in [0.05, 0.1) is 25.8 Å². The lowest BCUT2D eigenvalue weighted by molar-refractivity contribution is 0.377. The monoisotopic (exact) mass is 273 g/mol. The zero-order chi connectivity index (χ0) is 14.5. The number of ether oxygens (including phenoxy) is 2. The highest BCUT2D eigenvalue weighted by molar-refractivity contribution is 5.51. The van der Waals surface area contributed by atoms with Crippen molar-refractivity contribution in [3.8, 4) is 11.5 Å². The normalized spacial score (nSPS) is 12.0. The van der Waals surface area contributed by atoms with Gasteiger partial charge in [-0.1, -0.05) is 6.07 Å². The van der Waals surface area contributed by atoms with Crippen LogP contribution in [0.4, 0.5) is 0 Å². The SMILES string of the molecule is COc1cccc(OC)c1C(NN)c1cnccc1C. The van der Waals surface area contributed by atoms with Crippen LogP contribution in [0.25, 0.3) is 0 Å². The fourth-order valence-corrected chi connectivity index (χ4v) is 2.27. The average Bonchev–Trinajstić information content (AvgIpc) is 2.49. The van der Waals surface area contributed by atoms with Crippen LogP contribution in [0.15, 0.2) is 36.7 Å². The van der Waals surface area contributed by atoms with E-state index in [0.717, 1.165) is 28.2 Å². The number of benzene rings is 1. The zero-order valence-electron chi connectivity index (χ0n) is 11.9. The molecule has 1 atom stereocenters. The molecule has 3 N–H and O–H groups in total. The van der Waals surface area contributed by atoms with Crippen LogP contribution in [-0.4, -0.2) is 19.2 Å². The Kier molecular flexibility index (Phi) is 4.55. The van der Waals surface area contributed by atoms with Crippen molar-refractivity contribution in [3.63, 3.8) is 0 Å². The summed E-state index contributed by atoms with van der Waals surface area (Å²) in [5.41, 5.74) is 5.76. The molecule has 1 unspecified atom stereocenters. The summed E-state index contributed by atoms with van der Waals surface area (Å²) in [6, 6.07) is 7.34. The van der Waals surface area contributed by atoms with E-state index in [0.29, 0.717) is 0 Å². The number of hydrogen-bond donors (Lipinski definition) is 2. The molecule has 0 fully saturated rings. The predicted octanol–water partition coefficient (Wildman–Crippen LogP) is 1.96. The molecular formula is C15H19N3O2. The summed E-state index contributed by atoms with van der Waals surface area (Å²) in [4.78, 5) is 4.17. The second-order valence-corrected chi connectivity index (χ2v) is 4.41. The summed E-state index contributed by atoms with van der Waals surface area (Å²) in [5, 5.41) is 0. The fourth-order valence-electron chi connectivity index (χ4n) is 2.27. The van der Waals surface area contributed by atoms with Crippen LogP contribution in [0.2, 0.25) is 0 Å². The lowest BCUT2D eigenvalue weighted by Crippen LogP contribution is -2.30. The van der Waals surface area contributed by atoms with E-state index in [-0.39, 0.29) is 6.04 Å². The molecule has 0 aliphatic carbocycles. The summed E-state index contributed by atoms with van der Waals surface area (Å²) in [6.45, 7) is 2.02. The van der Waals surface area contributed by atoms with Gasteiger partial charge in [0.15, 0.2) is 0 Å². The minimum absolute atomic E-state index is 0.255. The van der Waals surface area contributed by atoms with Gasteiger partial charge in [0.25, 0.3) is 0 Å². The van der Waals surface area contributed by atoms with E-state index in [1.54, 1.807) is 26.6 Å². The van der Waals surface area contributed by atoms with Crippen LogP contribution in [0.5, 0.6) is 11.5 Å². The maximum absolute atomic E-state index is 5.76. The molecule has 1 aromatic carbocycles. The third-order valence-electron chi connectivity index (χ3n) is 3.31. The molecule has 5 nitrogen and oxygen atoms in total. The van der Waals surface area contributed by atoms with Crippen molar-refractivity contribution in [3.05, 3.63) is 53.3 Å². The van der Waals surface area contributed by atoms with Crippen LogP contribution >= 0.6 is 0 Å². The molecule has 106 valence electrons. The van der Waals surface area contributed by atoms with Crippen LogP contribution in [0, 0.1) is 6.92 Å². The van der Waals surface area contributed by atoms with Gasteiger partial charge in [-0.2, -0.15) is 0 Å². The summed E-state index contributed by atoms with van der Waals surface area (Å²) < 4.78 is 10.9. The number of hydrogen-bond acceptors (Lipinski definition) is 5. The largest absolute Gasteiger partial charge is 0.496 e. The molecule has 0 saturated heterocycles. The summed E-state index contributed by atoms with van der Waals surface area (Å²) in [5.74, 6) is 7.20. The fraction of sp³-hybridized carbons (Fsp3) is 0.267. The van der Waals surface area contributed by atoms with E-state index in [2.05, 4.69) is 10.4 Å².